The van der Waals surface area contributed by atoms with E-state index in [1.165, 1.54) is 5.57 Å². The molecule has 1 aliphatic rings. The van der Waals surface area contributed by atoms with Gasteiger partial charge in [-0.25, -0.2) is 0 Å². The molecular weight excluding hydrogens is 268 g/mol. The lowest BCUT2D eigenvalue weighted by Gasteiger charge is -2.32. The van der Waals surface area contributed by atoms with E-state index < -0.39 is 0 Å². The Hall–Kier alpha value is -2.48. The average molecular weight is 290 g/mol. The first-order valence-electron chi connectivity index (χ1n) is 7.69. The summed E-state index contributed by atoms with van der Waals surface area (Å²) in [6.07, 6.45) is 7.57. The molecule has 22 heavy (non-hydrogen) atoms. The number of hydrogen-bond donors (Lipinski definition) is 2. The zero-order valence-electron chi connectivity index (χ0n) is 13.1. The molecule has 1 aliphatic carbocycles. The second-order valence-electron chi connectivity index (χ2n) is 6.13. The minimum atomic E-state index is -0.0483. The molecular formula is C20H22N2. The molecule has 0 saturated carbocycles. The predicted octanol–water partition coefficient (Wildman–Crippen LogP) is 5.51. The molecule has 112 valence electrons. The van der Waals surface area contributed by atoms with Gasteiger partial charge < -0.3 is 10.6 Å². The van der Waals surface area contributed by atoms with E-state index in [4.69, 9.17) is 0 Å². The van der Waals surface area contributed by atoms with E-state index in [-0.39, 0.29) is 5.54 Å². The Bertz CT molecular complexity index is 701. The van der Waals surface area contributed by atoms with Crippen LogP contribution in [0.3, 0.4) is 0 Å². The summed E-state index contributed by atoms with van der Waals surface area (Å²) in [6.45, 7) is 4.41. The van der Waals surface area contributed by atoms with Gasteiger partial charge >= 0.3 is 0 Å². The third-order valence-electron chi connectivity index (χ3n) is 3.89. The largest absolute Gasteiger partial charge is 0.374 e. The second-order valence-corrected chi connectivity index (χ2v) is 6.13. The maximum atomic E-state index is 3.69. The van der Waals surface area contributed by atoms with E-state index in [1.807, 2.05) is 18.2 Å². The van der Waals surface area contributed by atoms with Crippen molar-refractivity contribution in [3.63, 3.8) is 0 Å². The number of hydrogen-bond acceptors (Lipinski definition) is 2. The van der Waals surface area contributed by atoms with Crippen molar-refractivity contribution >= 4 is 17.1 Å². The lowest BCUT2D eigenvalue weighted by Crippen LogP contribution is -2.34. The lowest BCUT2D eigenvalue weighted by molar-refractivity contribution is 0.621. The van der Waals surface area contributed by atoms with Gasteiger partial charge in [0.15, 0.2) is 0 Å². The van der Waals surface area contributed by atoms with E-state index in [9.17, 15) is 0 Å². The summed E-state index contributed by atoms with van der Waals surface area (Å²) in [5, 5.41) is 7.18. The number of benzene rings is 2. The fraction of sp³-hybridized carbons (Fsp3) is 0.200. The van der Waals surface area contributed by atoms with Gasteiger partial charge in [0.2, 0.25) is 0 Å². The summed E-state index contributed by atoms with van der Waals surface area (Å²) in [6, 6.07) is 18.6. The zero-order valence-corrected chi connectivity index (χ0v) is 13.1. The molecule has 0 fully saturated rings. The van der Waals surface area contributed by atoms with Crippen LogP contribution in [0.1, 0.15) is 20.3 Å². The van der Waals surface area contributed by atoms with Crippen molar-refractivity contribution in [1.29, 1.82) is 0 Å². The van der Waals surface area contributed by atoms with Crippen LogP contribution in [0, 0.1) is 0 Å². The lowest BCUT2D eigenvalue weighted by atomic mass is 9.88. The van der Waals surface area contributed by atoms with Gasteiger partial charge in [0, 0.05) is 5.69 Å². The van der Waals surface area contributed by atoms with Crippen LogP contribution in [0.25, 0.3) is 0 Å². The van der Waals surface area contributed by atoms with Crippen molar-refractivity contribution in [2.75, 3.05) is 10.6 Å². The van der Waals surface area contributed by atoms with Crippen LogP contribution in [-0.2, 0) is 0 Å². The Morgan fingerprint density at radius 2 is 1.59 bits per heavy atom. The molecule has 2 N–H and O–H groups in total. The molecule has 0 radical (unpaired) electrons. The van der Waals surface area contributed by atoms with E-state index in [1.54, 1.807) is 0 Å². The van der Waals surface area contributed by atoms with Crippen LogP contribution in [-0.4, -0.2) is 5.54 Å². The Labute approximate surface area is 132 Å². The molecule has 2 aromatic carbocycles. The standard InChI is InChI=1S/C20H22N2/c1-16-9-8-14-20(2,15-16)22-19-13-7-6-12-18(19)21-17-10-4-3-5-11-17/h3-14,21-22H,15H2,1-2H3. The summed E-state index contributed by atoms with van der Waals surface area (Å²) >= 11 is 0. The summed E-state index contributed by atoms with van der Waals surface area (Å²) < 4.78 is 0. The van der Waals surface area contributed by atoms with Gasteiger partial charge in [0.25, 0.3) is 0 Å². The highest BCUT2D eigenvalue weighted by Crippen LogP contribution is 2.32. The molecule has 0 saturated heterocycles. The normalized spacial score (nSPS) is 20.4. The first-order chi connectivity index (χ1) is 10.6. The van der Waals surface area contributed by atoms with Crippen molar-refractivity contribution in [3.05, 3.63) is 78.4 Å². The molecule has 3 rings (SSSR count). The van der Waals surface area contributed by atoms with Gasteiger partial charge in [-0.3, -0.25) is 0 Å². The van der Waals surface area contributed by atoms with E-state index in [0.717, 1.165) is 23.5 Å². The van der Waals surface area contributed by atoms with Crippen molar-refractivity contribution in [2.24, 2.45) is 0 Å². The molecule has 0 bridgehead atoms. The summed E-state index contributed by atoms with van der Waals surface area (Å²) in [5.41, 5.74) is 4.65. The number of rotatable bonds is 4. The third-order valence-corrected chi connectivity index (χ3v) is 3.89. The highest BCUT2D eigenvalue weighted by atomic mass is 15.0. The molecule has 1 unspecified atom stereocenters. The SMILES string of the molecule is CC1=CC=CC(C)(Nc2ccccc2Nc2ccccc2)C1. The Kier molecular flexibility index (Phi) is 4.01. The van der Waals surface area contributed by atoms with Crippen LogP contribution in [0.5, 0.6) is 0 Å². The Morgan fingerprint density at radius 3 is 2.32 bits per heavy atom. The van der Waals surface area contributed by atoms with E-state index >= 15 is 0 Å². The quantitative estimate of drug-likeness (QED) is 0.776. The van der Waals surface area contributed by atoms with Crippen molar-refractivity contribution in [2.45, 2.75) is 25.8 Å². The molecule has 0 aromatic heterocycles. The van der Waals surface area contributed by atoms with Gasteiger partial charge in [0.05, 0.1) is 16.9 Å². The van der Waals surface area contributed by atoms with Gasteiger partial charge in [0.1, 0.15) is 0 Å². The molecule has 2 aromatic rings. The first kappa shape index (κ1) is 14.5. The monoisotopic (exact) mass is 290 g/mol. The maximum absolute atomic E-state index is 3.69. The highest BCUT2D eigenvalue weighted by molar-refractivity contribution is 5.75. The van der Waals surface area contributed by atoms with E-state index in [0.29, 0.717) is 0 Å². The van der Waals surface area contributed by atoms with Gasteiger partial charge in [-0.15, -0.1) is 0 Å². The summed E-state index contributed by atoms with van der Waals surface area (Å²) in [4.78, 5) is 0. The maximum Gasteiger partial charge on any atom is 0.0620 e. The molecule has 1 atom stereocenters. The van der Waals surface area contributed by atoms with Gasteiger partial charge in [-0.1, -0.05) is 54.1 Å². The number of anilines is 3. The van der Waals surface area contributed by atoms with Crippen molar-refractivity contribution in [3.8, 4) is 0 Å². The summed E-state index contributed by atoms with van der Waals surface area (Å²) in [5.74, 6) is 0. The Balaban J connectivity index is 1.83. The topological polar surface area (TPSA) is 24.1 Å². The minimum absolute atomic E-state index is 0.0483. The first-order valence-corrected chi connectivity index (χ1v) is 7.69. The van der Waals surface area contributed by atoms with Crippen LogP contribution in [0.2, 0.25) is 0 Å². The van der Waals surface area contributed by atoms with Gasteiger partial charge in [-0.05, 0) is 44.5 Å². The number of allylic oxidation sites excluding steroid dienone is 2. The van der Waals surface area contributed by atoms with Crippen LogP contribution < -0.4 is 10.6 Å². The highest BCUT2D eigenvalue weighted by Gasteiger charge is 2.23. The molecule has 0 heterocycles. The fourth-order valence-corrected chi connectivity index (χ4v) is 2.89. The Morgan fingerprint density at radius 1 is 0.909 bits per heavy atom. The fourth-order valence-electron chi connectivity index (χ4n) is 2.89. The number of para-hydroxylation sites is 3. The summed E-state index contributed by atoms with van der Waals surface area (Å²) in [7, 11) is 0. The van der Waals surface area contributed by atoms with Gasteiger partial charge in [-0.2, -0.15) is 0 Å². The smallest absolute Gasteiger partial charge is 0.0620 e. The molecule has 0 amide bonds. The van der Waals surface area contributed by atoms with Crippen molar-refractivity contribution in [1.82, 2.24) is 0 Å². The zero-order chi connectivity index (χ0) is 15.4. The predicted molar refractivity (Wildman–Crippen MR) is 95.7 cm³/mol. The van der Waals surface area contributed by atoms with Crippen LogP contribution in [0.15, 0.2) is 78.4 Å². The third kappa shape index (κ3) is 3.40. The molecule has 2 heteroatoms. The molecule has 0 aliphatic heterocycles. The van der Waals surface area contributed by atoms with Crippen LogP contribution in [0.4, 0.5) is 17.1 Å². The van der Waals surface area contributed by atoms with Crippen LogP contribution >= 0.6 is 0 Å². The minimum Gasteiger partial charge on any atom is -0.374 e. The second kappa shape index (κ2) is 6.10. The molecule has 2 nitrogen and oxygen atoms in total. The molecule has 0 spiro atoms. The average Bonchev–Trinajstić information content (AvgIpc) is 2.50. The number of nitrogens with one attached hydrogen (secondary N) is 2. The van der Waals surface area contributed by atoms with E-state index in [2.05, 4.69) is 79.1 Å². The van der Waals surface area contributed by atoms with Crippen molar-refractivity contribution < 1.29 is 0 Å².